The Morgan fingerprint density at radius 2 is 1.88 bits per heavy atom. The highest BCUT2D eigenvalue weighted by molar-refractivity contribution is 9.10. The predicted molar refractivity (Wildman–Crippen MR) is 124 cm³/mol. The summed E-state index contributed by atoms with van der Waals surface area (Å²) >= 11 is 3.97. The van der Waals surface area contributed by atoms with Gasteiger partial charge in [0.05, 0.1) is 23.1 Å². The quantitative estimate of drug-likeness (QED) is 0.272. The molecule has 33 heavy (non-hydrogen) atoms. The van der Waals surface area contributed by atoms with Crippen molar-refractivity contribution in [1.29, 1.82) is 0 Å². The molecule has 2 aromatic rings. The lowest BCUT2D eigenvalue weighted by Gasteiger charge is -2.14. The summed E-state index contributed by atoms with van der Waals surface area (Å²) in [5.74, 6) is -1.31. The van der Waals surface area contributed by atoms with Crippen LogP contribution in [0.4, 0.5) is 4.79 Å². The Bertz CT molecular complexity index is 1230. The van der Waals surface area contributed by atoms with Gasteiger partial charge in [-0.15, -0.1) is 0 Å². The van der Waals surface area contributed by atoms with Gasteiger partial charge in [0.2, 0.25) is 0 Å². The van der Waals surface area contributed by atoms with E-state index in [1.807, 2.05) is 0 Å². The van der Waals surface area contributed by atoms with Crippen LogP contribution in [0.2, 0.25) is 0 Å². The Kier molecular flexibility index (Phi) is 7.82. The molecule has 0 saturated carbocycles. The normalized spacial score (nSPS) is 15.1. The summed E-state index contributed by atoms with van der Waals surface area (Å²) in [4.78, 5) is 37.0. The summed E-state index contributed by atoms with van der Waals surface area (Å²) in [5.41, 5.74) is 0.443. The Balaban J connectivity index is 1.94. The van der Waals surface area contributed by atoms with Crippen molar-refractivity contribution in [2.75, 3.05) is 20.3 Å². The number of esters is 1. The molecule has 0 aliphatic carbocycles. The van der Waals surface area contributed by atoms with Gasteiger partial charge in [-0.1, -0.05) is 18.2 Å². The van der Waals surface area contributed by atoms with Crippen LogP contribution in [0.3, 0.4) is 0 Å². The third kappa shape index (κ3) is 5.75. The summed E-state index contributed by atoms with van der Waals surface area (Å²) in [6.45, 7) is 1.44. The van der Waals surface area contributed by atoms with Gasteiger partial charge in [0.15, 0.2) is 11.5 Å². The number of halogens is 1. The van der Waals surface area contributed by atoms with Crippen LogP contribution >= 0.6 is 27.7 Å². The van der Waals surface area contributed by atoms with Crippen LogP contribution in [-0.4, -0.2) is 50.7 Å². The highest BCUT2D eigenvalue weighted by Gasteiger charge is 2.36. The number of imide groups is 1. The van der Waals surface area contributed by atoms with Gasteiger partial charge in [-0.05, 0) is 70.5 Å². The number of hydrogen-bond acceptors (Lipinski definition) is 9. The topological polar surface area (TPSA) is 116 Å². The highest BCUT2D eigenvalue weighted by Crippen LogP contribution is 2.40. The molecule has 174 valence electrons. The van der Waals surface area contributed by atoms with Crippen molar-refractivity contribution < 1.29 is 36.5 Å². The van der Waals surface area contributed by atoms with Gasteiger partial charge in [0.1, 0.15) is 11.4 Å². The lowest BCUT2D eigenvalue weighted by Crippen LogP contribution is -2.34. The van der Waals surface area contributed by atoms with Crippen molar-refractivity contribution in [3.8, 4) is 11.5 Å². The van der Waals surface area contributed by atoms with E-state index in [1.54, 1.807) is 25.1 Å². The van der Waals surface area contributed by atoms with E-state index in [-0.39, 0.29) is 32.4 Å². The minimum Gasteiger partial charge on any atom is -0.490 e. The van der Waals surface area contributed by atoms with Crippen LogP contribution in [-0.2, 0) is 24.4 Å². The third-order valence-corrected chi connectivity index (χ3v) is 6.97. The third-order valence-electron chi connectivity index (χ3n) is 4.24. The largest absolute Gasteiger partial charge is 0.490 e. The van der Waals surface area contributed by atoms with E-state index >= 15 is 0 Å². The molecule has 1 aliphatic heterocycles. The highest BCUT2D eigenvalue weighted by atomic mass is 79.9. The van der Waals surface area contributed by atoms with Crippen molar-refractivity contribution in [2.24, 2.45) is 0 Å². The average Bonchev–Trinajstić information content (AvgIpc) is 3.04. The molecule has 1 heterocycles. The summed E-state index contributed by atoms with van der Waals surface area (Å²) in [7, 11) is -2.97. The number of ether oxygens (including phenoxy) is 2. The first-order valence-electron chi connectivity index (χ1n) is 9.44. The van der Waals surface area contributed by atoms with Crippen molar-refractivity contribution in [2.45, 2.75) is 11.8 Å². The van der Waals surface area contributed by atoms with Crippen LogP contribution in [0.15, 0.2) is 56.7 Å². The molecule has 9 nitrogen and oxygen atoms in total. The van der Waals surface area contributed by atoms with E-state index in [9.17, 15) is 22.8 Å². The molecule has 0 aromatic heterocycles. The number of thioether (sulfide) groups is 1. The monoisotopic (exact) mass is 555 g/mol. The van der Waals surface area contributed by atoms with Gasteiger partial charge >= 0.3 is 16.1 Å². The molecule has 0 bridgehead atoms. The zero-order valence-electron chi connectivity index (χ0n) is 17.4. The van der Waals surface area contributed by atoms with E-state index in [2.05, 4.69) is 20.7 Å². The number of rotatable bonds is 8. The van der Waals surface area contributed by atoms with Crippen LogP contribution in [0, 0.1) is 0 Å². The molecule has 2 amide bonds. The summed E-state index contributed by atoms with van der Waals surface area (Å²) in [6, 6.07) is 10.6. The van der Waals surface area contributed by atoms with Gasteiger partial charge < -0.3 is 13.7 Å². The predicted octanol–water partition coefficient (Wildman–Crippen LogP) is 3.82. The number of amides is 2. The molecule has 2 aromatic carbocycles. The molecule has 0 radical (unpaired) electrons. The summed E-state index contributed by atoms with van der Waals surface area (Å²) < 4.78 is 41.0. The van der Waals surface area contributed by atoms with E-state index in [4.69, 9.17) is 8.92 Å². The maximum Gasteiger partial charge on any atom is 0.339 e. The molecule has 1 fully saturated rings. The molecule has 0 unspecified atom stereocenters. The van der Waals surface area contributed by atoms with Crippen molar-refractivity contribution in [1.82, 2.24) is 4.90 Å². The number of benzene rings is 2. The Labute approximate surface area is 202 Å². The van der Waals surface area contributed by atoms with Crippen LogP contribution < -0.4 is 8.92 Å². The second-order valence-electron chi connectivity index (χ2n) is 6.46. The van der Waals surface area contributed by atoms with E-state index in [0.717, 1.165) is 12.0 Å². The summed E-state index contributed by atoms with van der Waals surface area (Å²) in [5, 5.41) is -0.602. The maximum atomic E-state index is 12.7. The van der Waals surface area contributed by atoms with Crippen molar-refractivity contribution in [3.05, 3.63) is 57.4 Å². The fourth-order valence-electron chi connectivity index (χ4n) is 2.74. The van der Waals surface area contributed by atoms with Gasteiger partial charge in [0.25, 0.3) is 11.1 Å². The standard InChI is InChI=1S/C21H18BrNO8S2/c1-3-30-16-10-13(11-17-20(25)23(21(26)32-17)12-18(24)29-2)9-15(22)19(16)31-33(27,28)14-7-5-4-6-8-14/h4-11H,3,12H2,1-2H3/b17-11-. The zero-order valence-corrected chi connectivity index (χ0v) is 20.7. The molecule has 12 heteroatoms. The molecule has 1 aliphatic rings. The Morgan fingerprint density at radius 3 is 2.52 bits per heavy atom. The second-order valence-corrected chi connectivity index (χ2v) is 9.85. The molecular weight excluding hydrogens is 538 g/mol. The number of carbonyl (C=O) groups excluding carboxylic acids is 3. The zero-order chi connectivity index (χ0) is 24.2. The maximum absolute atomic E-state index is 12.7. The molecule has 3 rings (SSSR count). The lowest BCUT2D eigenvalue weighted by atomic mass is 10.2. The fraction of sp³-hybridized carbons (Fsp3) is 0.190. The van der Waals surface area contributed by atoms with Crippen molar-refractivity contribution in [3.63, 3.8) is 0 Å². The van der Waals surface area contributed by atoms with E-state index in [1.165, 1.54) is 30.3 Å². The van der Waals surface area contributed by atoms with Crippen LogP contribution in [0.25, 0.3) is 6.08 Å². The average molecular weight is 556 g/mol. The smallest absolute Gasteiger partial charge is 0.339 e. The van der Waals surface area contributed by atoms with Crippen LogP contribution in [0.1, 0.15) is 12.5 Å². The number of carbonyl (C=O) groups is 3. The minimum atomic E-state index is -4.13. The first kappa shape index (κ1) is 24.8. The summed E-state index contributed by atoms with van der Waals surface area (Å²) in [6.07, 6.45) is 1.44. The lowest BCUT2D eigenvalue weighted by molar-refractivity contribution is -0.143. The molecule has 0 N–H and O–H groups in total. The Hall–Kier alpha value is -2.83. The van der Waals surface area contributed by atoms with E-state index in [0.29, 0.717) is 17.3 Å². The van der Waals surface area contributed by atoms with Gasteiger partial charge in [-0.2, -0.15) is 8.42 Å². The van der Waals surface area contributed by atoms with Gasteiger partial charge in [0, 0.05) is 0 Å². The van der Waals surface area contributed by atoms with Crippen molar-refractivity contribution >= 4 is 61.0 Å². The van der Waals surface area contributed by atoms with Gasteiger partial charge in [-0.25, -0.2) is 0 Å². The van der Waals surface area contributed by atoms with Gasteiger partial charge in [-0.3, -0.25) is 19.3 Å². The Morgan fingerprint density at radius 1 is 1.18 bits per heavy atom. The number of nitrogens with zero attached hydrogens (tertiary/aromatic N) is 1. The minimum absolute atomic E-state index is 0.0253. The molecule has 0 atom stereocenters. The fourth-order valence-corrected chi connectivity index (χ4v) is 5.21. The molecule has 0 spiro atoms. The first-order chi connectivity index (χ1) is 15.7. The number of methoxy groups -OCH3 is 1. The molecular formula is C21H18BrNO8S2. The first-order valence-corrected chi connectivity index (χ1v) is 12.5. The van der Waals surface area contributed by atoms with Crippen LogP contribution in [0.5, 0.6) is 11.5 Å². The second kappa shape index (κ2) is 10.4. The SMILES string of the molecule is CCOc1cc(/C=C2\SC(=O)N(CC(=O)OC)C2=O)cc(Br)c1OS(=O)(=O)c1ccccc1. The number of hydrogen-bond donors (Lipinski definition) is 0. The van der Waals surface area contributed by atoms with E-state index < -0.39 is 33.8 Å². The molecule has 1 saturated heterocycles.